The highest BCUT2D eigenvalue weighted by atomic mass is 35.5. The van der Waals surface area contributed by atoms with Gasteiger partial charge in [-0.1, -0.05) is 17.7 Å². The van der Waals surface area contributed by atoms with Gasteiger partial charge in [-0.15, -0.1) is 0 Å². The van der Waals surface area contributed by atoms with E-state index in [4.69, 9.17) is 16.3 Å². The van der Waals surface area contributed by atoms with Crippen LogP contribution in [0.25, 0.3) is 0 Å². The van der Waals surface area contributed by atoms with Crippen LogP contribution in [-0.4, -0.2) is 34.1 Å². The van der Waals surface area contributed by atoms with Crippen LogP contribution in [0.2, 0.25) is 5.02 Å². The standard InChI is InChI=1S/C20H16ClFN4O4/c1-30-16-8-9-23-20(25-16)24-13-5-2-11(3-6-13)18(27)26-17(19(28)29)12-4-7-14(21)15(22)10-12/h2-10,17H,1H3,(H,26,27)(H,28,29)(H,23,24,25). The van der Waals surface area contributed by atoms with Crippen molar-refractivity contribution in [3.05, 3.63) is 76.7 Å². The molecule has 1 atom stereocenters. The van der Waals surface area contributed by atoms with Crippen LogP contribution in [0, 0.1) is 5.82 Å². The zero-order chi connectivity index (χ0) is 21.7. The summed E-state index contributed by atoms with van der Waals surface area (Å²) in [5.41, 5.74) is 0.883. The van der Waals surface area contributed by atoms with Crippen molar-refractivity contribution in [1.82, 2.24) is 15.3 Å². The number of halogens is 2. The van der Waals surface area contributed by atoms with E-state index in [0.29, 0.717) is 17.5 Å². The van der Waals surface area contributed by atoms with Crippen LogP contribution in [0.5, 0.6) is 5.88 Å². The number of amides is 1. The van der Waals surface area contributed by atoms with Crippen molar-refractivity contribution in [2.24, 2.45) is 0 Å². The van der Waals surface area contributed by atoms with Crippen LogP contribution in [-0.2, 0) is 4.79 Å². The molecule has 1 aromatic heterocycles. The fraction of sp³-hybridized carbons (Fsp3) is 0.100. The van der Waals surface area contributed by atoms with Crippen molar-refractivity contribution >= 4 is 35.1 Å². The summed E-state index contributed by atoms with van der Waals surface area (Å²) in [6.07, 6.45) is 1.53. The van der Waals surface area contributed by atoms with Crippen LogP contribution in [0.3, 0.4) is 0 Å². The third kappa shape index (κ3) is 5.00. The second kappa shape index (κ2) is 9.19. The molecule has 0 saturated carbocycles. The van der Waals surface area contributed by atoms with Crippen molar-refractivity contribution in [2.75, 3.05) is 12.4 Å². The predicted octanol–water partition coefficient (Wildman–Crippen LogP) is 3.58. The summed E-state index contributed by atoms with van der Waals surface area (Å²) in [4.78, 5) is 32.2. The molecule has 0 aliphatic rings. The molecule has 0 aliphatic heterocycles. The summed E-state index contributed by atoms with van der Waals surface area (Å²) in [7, 11) is 1.49. The van der Waals surface area contributed by atoms with E-state index in [-0.39, 0.29) is 16.1 Å². The van der Waals surface area contributed by atoms with Crippen molar-refractivity contribution in [3.63, 3.8) is 0 Å². The van der Waals surface area contributed by atoms with Gasteiger partial charge in [0.25, 0.3) is 5.91 Å². The van der Waals surface area contributed by atoms with E-state index in [0.717, 1.165) is 6.07 Å². The molecule has 3 aromatic rings. The molecule has 0 bridgehead atoms. The molecular formula is C20H16ClFN4O4. The molecular weight excluding hydrogens is 415 g/mol. The molecule has 0 fully saturated rings. The SMILES string of the molecule is COc1ccnc(Nc2ccc(C(=O)NC(C(=O)O)c3ccc(Cl)c(F)c3)cc2)n1. The Kier molecular flexibility index (Phi) is 6.43. The number of benzene rings is 2. The number of carbonyl (C=O) groups is 2. The van der Waals surface area contributed by atoms with Gasteiger partial charge in [-0.3, -0.25) is 4.79 Å². The third-order valence-corrected chi connectivity index (χ3v) is 4.35. The number of rotatable bonds is 7. The number of ether oxygens (including phenoxy) is 1. The van der Waals surface area contributed by atoms with Crippen LogP contribution < -0.4 is 15.4 Å². The first-order valence-electron chi connectivity index (χ1n) is 8.60. The summed E-state index contributed by atoms with van der Waals surface area (Å²) >= 11 is 5.62. The molecule has 8 nitrogen and oxygen atoms in total. The van der Waals surface area contributed by atoms with E-state index in [2.05, 4.69) is 20.6 Å². The summed E-state index contributed by atoms with van der Waals surface area (Å²) < 4.78 is 18.7. The Balaban J connectivity index is 1.72. The fourth-order valence-corrected chi connectivity index (χ4v) is 2.66. The Morgan fingerprint density at radius 1 is 1.17 bits per heavy atom. The number of aliphatic carboxylic acids is 1. The summed E-state index contributed by atoms with van der Waals surface area (Å²) in [5, 5.41) is 14.6. The number of hydrogen-bond acceptors (Lipinski definition) is 6. The lowest BCUT2D eigenvalue weighted by Crippen LogP contribution is -2.33. The van der Waals surface area contributed by atoms with Gasteiger partial charge < -0.3 is 20.5 Å². The Hall–Kier alpha value is -3.72. The van der Waals surface area contributed by atoms with Gasteiger partial charge in [-0.25, -0.2) is 14.2 Å². The van der Waals surface area contributed by atoms with E-state index in [1.807, 2.05) is 0 Å². The average Bonchev–Trinajstić information content (AvgIpc) is 2.74. The van der Waals surface area contributed by atoms with E-state index < -0.39 is 23.7 Å². The van der Waals surface area contributed by atoms with Gasteiger partial charge in [-0.2, -0.15) is 4.98 Å². The summed E-state index contributed by atoms with van der Waals surface area (Å²) in [5.74, 6) is -2.05. The van der Waals surface area contributed by atoms with Crippen LogP contribution >= 0.6 is 11.6 Å². The first kappa shape index (κ1) is 21.0. The van der Waals surface area contributed by atoms with Crippen molar-refractivity contribution in [3.8, 4) is 5.88 Å². The minimum atomic E-state index is -1.44. The Bertz CT molecular complexity index is 1080. The van der Waals surface area contributed by atoms with Crippen molar-refractivity contribution < 1.29 is 23.8 Å². The fourth-order valence-electron chi connectivity index (χ4n) is 2.54. The quantitative estimate of drug-likeness (QED) is 0.525. The second-order valence-electron chi connectivity index (χ2n) is 6.04. The molecule has 1 amide bonds. The number of carboxylic acid groups (broad SMARTS) is 1. The molecule has 154 valence electrons. The maximum atomic E-state index is 13.7. The summed E-state index contributed by atoms with van der Waals surface area (Å²) in [6, 6.07) is 9.92. The number of nitrogens with one attached hydrogen (secondary N) is 2. The zero-order valence-electron chi connectivity index (χ0n) is 15.6. The number of aromatic nitrogens is 2. The largest absolute Gasteiger partial charge is 0.481 e. The number of hydrogen-bond donors (Lipinski definition) is 3. The van der Waals surface area contributed by atoms with E-state index >= 15 is 0 Å². The predicted molar refractivity (Wildman–Crippen MR) is 108 cm³/mol. The van der Waals surface area contributed by atoms with Gasteiger partial charge in [0.05, 0.1) is 12.1 Å². The number of carbonyl (C=O) groups excluding carboxylic acids is 1. The third-order valence-electron chi connectivity index (χ3n) is 4.04. The maximum Gasteiger partial charge on any atom is 0.330 e. The number of anilines is 2. The Morgan fingerprint density at radius 3 is 2.53 bits per heavy atom. The number of carboxylic acids is 1. The van der Waals surface area contributed by atoms with Gasteiger partial charge in [-0.05, 0) is 42.0 Å². The summed E-state index contributed by atoms with van der Waals surface area (Å²) in [6.45, 7) is 0. The molecule has 3 N–H and O–H groups in total. The van der Waals surface area contributed by atoms with Gasteiger partial charge in [0.2, 0.25) is 11.8 Å². The van der Waals surface area contributed by atoms with Gasteiger partial charge >= 0.3 is 5.97 Å². The molecule has 1 unspecified atom stereocenters. The lowest BCUT2D eigenvalue weighted by atomic mass is 10.1. The lowest BCUT2D eigenvalue weighted by molar-refractivity contribution is -0.139. The maximum absolute atomic E-state index is 13.7. The lowest BCUT2D eigenvalue weighted by Gasteiger charge is -2.15. The van der Waals surface area contributed by atoms with Crippen LogP contribution in [0.1, 0.15) is 22.0 Å². The van der Waals surface area contributed by atoms with Crippen LogP contribution in [0.4, 0.5) is 16.0 Å². The Morgan fingerprint density at radius 2 is 1.90 bits per heavy atom. The first-order valence-corrected chi connectivity index (χ1v) is 8.98. The van der Waals surface area contributed by atoms with Gasteiger partial charge in [0, 0.05) is 23.5 Å². The van der Waals surface area contributed by atoms with Crippen LogP contribution in [0.15, 0.2) is 54.7 Å². The minimum Gasteiger partial charge on any atom is -0.481 e. The molecule has 0 radical (unpaired) electrons. The van der Waals surface area contributed by atoms with E-state index in [9.17, 15) is 19.1 Å². The van der Waals surface area contributed by atoms with E-state index in [1.54, 1.807) is 18.2 Å². The smallest absolute Gasteiger partial charge is 0.330 e. The number of nitrogens with zero attached hydrogens (tertiary/aromatic N) is 2. The highest BCUT2D eigenvalue weighted by Crippen LogP contribution is 2.22. The zero-order valence-corrected chi connectivity index (χ0v) is 16.4. The first-order chi connectivity index (χ1) is 14.4. The number of methoxy groups -OCH3 is 1. The van der Waals surface area contributed by atoms with Crippen molar-refractivity contribution in [1.29, 1.82) is 0 Å². The average molecular weight is 431 g/mol. The highest BCUT2D eigenvalue weighted by Gasteiger charge is 2.23. The van der Waals surface area contributed by atoms with Gasteiger partial charge in [0.15, 0.2) is 6.04 Å². The normalized spacial score (nSPS) is 11.4. The molecule has 0 spiro atoms. The van der Waals surface area contributed by atoms with E-state index in [1.165, 1.54) is 37.6 Å². The molecule has 2 aromatic carbocycles. The molecule has 10 heteroatoms. The topological polar surface area (TPSA) is 113 Å². The Labute approximate surface area is 175 Å². The molecule has 0 aliphatic carbocycles. The monoisotopic (exact) mass is 430 g/mol. The van der Waals surface area contributed by atoms with Crippen molar-refractivity contribution in [2.45, 2.75) is 6.04 Å². The highest BCUT2D eigenvalue weighted by molar-refractivity contribution is 6.30. The second-order valence-corrected chi connectivity index (χ2v) is 6.45. The molecule has 1 heterocycles. The minimum absolute atomic E-state index is 0.0613. The van der Waals surface area contributed by atoms with Gasteiger partial charge in [0.1, 0.15) is 5.82 Å². The molecule has 30 heavy (non-hydrogen) atoms. The molecule has 0 saturated heterocycles. The molecule has 3 rings (SSSR count).